The van der Waals surface area contributed by atoms with Crippen LogP contribution >= 0.6 is 0 Å². The van der Waals surface area contributed by atoms with E-state index in [0.29, 0.717) is 11.3 Å². The van der Waals surface area contributed by atoms with Gasteiger partial charge in [-0.25, -0.2) is 0 Å². The van der Waals surface area contributed by atoms with Gasteiger partial charge in [-0.15, -0.1) is 0 Å². The van der Waals surface area contributed by atoms with Crippen molar-refractivity contribution in [2.45, 2.75) is 0 Å². The van der Waals surface area contributed by atoms with E-state index in [2.05, 4.69) is 16.5 Å². The van der Waals surface area contributed by atoms with Gasteiger partial charge in [0.2, 0.25) is 5.78 Å². The summed E-state index contributed by atoms with van der Waals surface area (Å²) in [4.78, 5) is 19.7. The van der Waals surface area contributed by atoms with E-state index in [1.165, 1.54) is 0 Å². The number of pyridine rings is 1. The van der Waals surface area contributed by atoms with Crippen LogP contribution in [0, 0.1) is 0 Å². The van der Waals surface area contributed by atoms with Crippen LogP contribution in [-0.2, 0) is 0 Å². The number of benzene rings is 1. The molecule has 0 aliphatic carbocycles. The molecular formula is C16H10N2O2. The Bertz CT molecular complexity index is 877. The molecule has 3 aromatic rings. The van der Waals surface area contributed by atoms with Crippen molar-refractivity contribution in [3.05, 3.63) is 60.6 Å². The minimum Gasteiger partial charge on any atom is -0.453 e. The normalized spacial score (nSPS) is 13.6. The number of rotatable bonds is 1. The summed E-state index contributed by atoms with van der Waals surface area (Å²) < 4.78 is 5.40. The molecule has 0 amide bonds. The SMILES string of the molecule is C=C1Oc2cccc(-c3c[nH]c4cccnc34)c2C1=O. The summed E-state index contributed by atoms with van der Waals surface area (Å²) in [5.74, 6) is 0.559. The first-order valence-electron chi connectivity index (χ1n) is 6.22. The largest absolute Gasteiger partial charge is 0.453 e. The molecule has 0 saturated heterocycles. The summed E-state index contributed by atoms with van der Waals surface area (Å²) in [5, 5.41) is 0. The lowest BCUT2D eigenvalue weighted by Gasteiger charge is -2.03. The molecular weight excluding hydrogens is 252 g/mol. The molecule has 3 heterocycles. The average Bonchev–Trinajstić information content (AvgIpc) is 3.01. The Labute approximate surface area is 114 Å². The van der Waals surface area contributed by atoms with Crippen molar-refractivity contribution < 1.29 is 9.53 Å². The van der Waals surface area contributed by atoms with Crippen LogP contribution in [0.25, 0.3) is 22.2 Å². The molecule has 1 aliphatic heterocycles. The summed E-state index contributed by atoms with van der Waals surface area (Å²) in [5.41, 5.74) is 4.04. The van der Waals surface area contributed by atoms with Crippen LogP contribution in [0.3, 0.4) is 0 Å². The first-order valence-corrected chi connectivity index (χ1v) is 6.22. The van der Waals surface area contributed by atoms with Gasteiger partial charge in [-0.3, -0.25) is 9.78 Å². The van der Waals surface area contributed by atoms with Crippen molar-refractivity contribution in [2.24, 2.45) is 0 Å². The Morgan fingerprint density at radius 3 is 2.95 bits per heavy atom. The number of nitrogens with zero attached hydrogens (tertiary/aromatic N) is 1. The molecule has 1 N–H and O–H groups in total. The van der Waals surface area contributed by atoms with E-state index < -0.39 is 0 Å². The van der Waals surface area contributed by atoms with Gasteiger partial charge in [0, 0.05) is 23.5 Å². The molecule has 1 aromatic carbocycles. The predicted octanol–water partition coefficient (Wildman–Crippen LogP) is 3.32. The van der Waals surface area contributed by atoms with Crippen molar-refractivity contribution in [1.82, 2.24) is 9.97 Å². The third kappa shape index (κ3) is 1.36. The number of nitrogens with one attached hydrogen (secondary N) is 1. The Morgan fingerprint density at radius 2 is 2.05 bits per heavy atom. The van der Waals surface area contributed by atoms with Gasteiger partial charge in [-0.05, 0) is 18.2 Å². The lowest BCUT2D eigenvalue weighted by molar-refractivity contribution is 0.101. The Balaban J connectivity index is 2.04. The highest BCUT2D eigenvalue weighted by Crippen LogP contribution is 2.39. The number of hydrogen-bond donors (Lipinski definition) is 1. The van der Waals surface area contributed by atoms with Crippen molar-refractivity contribution in [1.29, 1.82) is 0 Å². The summed E-state index contributed by atoms with van der Waals surface area (Å²) in [6, 6.07) is 9.36. The molecule has 0 unspecified atom stereocenters. The first kappa shape index (κ1) is 11.0. The molecule has 4 nitrogen and oxygen atoms in total. The lowest BCUT2D eigenvalue weighted by Crippen LogP contribution is -1.97. The van der Waals surface area contributed by atoms with Crippen LogP contribution in [0.5, 0.6) is 5.75 Å². The Hall–Kier alpha value is -2.88. The number of hydrogen-bond acceptors (Lipinski definition) is 3. The van der Waals surface area contributed by atoms with Crippen LogP contribution in [0.4, 0.5) is 0 Å². The van der Waals surface area contributed by atoms with Crippen LogP contribution in [0.15, 0.2) is 55.1 Å². The van der Waals surface area contributed by atoms with Gasteiger partial charge in [0.15, 0.2) is 5.76 Å². The molecule has 0 saturated carbocycles. The van der Waals surface area contributed by atoms with E-state index in [0.717, 1.165) is 22.2 Å². The predicted molar refractivity (Wildman–Crippen MR) is 75.6 cm³/mol. The minimum atomic E-state index is -0.166. The maximum Gasteiger partial charge on any atom is 0.231 e. The number of carbonyl (C=O) groups is 1. The quantitative estimate of drug-likeness (QED) is 0.684. The second kappa shape index (κ2) is 3.81. The van der Waals surface area contributed by atoms with Crippen LogP contribution in [0.2, 0.25) is 0 Å². The van der Waals surface area contributed by atoms with Gasteiger partial charge in [0.1, 0.15) is 5.75 Å². The fourth-order valence-electron chi connectivity index (χ4n) is 2.55. The number of H-pyrrole nitrogens is 1. The number of ether oxygens (including phenoxy) is 1. The van der Waals surface area contributed by atoms with E-state index in [4.69, 9.17) is 4.74 Å². The van der Waals surface area contributed by atoms with Gasteiger partial charge in [-0.2, -0.15) is 0 Å². The highest BCUT2D eigenvalue weighted by atomic mass is 16.5. The fourth-order valence-corrected chi connectivity index (χ4v) is 2.55. The second-order valence-corrected chi connectivity index (χ2v) is 4.63. The summed E-state index contributed by atoms with van der Waals surface area (Å²) >= 11 is 0. The summed E-state index contributed by atoms with van der Waals surface area (Å²) in [6.07, 6.45) is 3.60. The van der Waals surface area contributed by atoms with E-state index in [1.807, 2.05) is 30.5 Å². The number of aromatic amines is 1. The number of allylic oxidation sites excluding steroid dienone is 1. The van der Waals surface area contributed by atoms with E-state index in [1.54, 1.807) is 12.3 Å². The first-order chi connectivity index (χ1) is 9.75. The fraction of sp³-hybridized carbons (Fsp3) is 0. The van der Waals surface area contributed by atoms with Crippen LogP contribution in [0.1, 0.15) is 10.4 Å². The van der Waals surface area contributed by atoms with Gasteiger partial charge in [0.05, 0.1) is 16.6 Å². The highest BCUT2D eigenvalue weighted by Gasteiger charge is 2.29. The number of ketones is 1. The summed E-state index contributed by atoms with van der Waals surface area (Å²) in [6.45, 7) is 3.64. The standard InChI is InChI=1S/C16H10N2O2/c1-9-16(19)14-10(4-2-6-13(14)20-9)11-8-18-12-5-3-7-17-15(11)12/h2-8,18H,1H2. The molecule has 0 fully saturated rings. The van der Waals surface area contributed by atoms with E-state index in [-0.39, 0.29) is 11.5 Å². The van der Waals surface area contributed by atoms with E-state index >= 15 is 0 Å². The molecule has 0 spiro atoms. The highest BCUT2D eigenvalue weighted by molar-refractivity contribution is 6.17. The molecule has 20 heavy (non-hydrogen) atoms. The van der Waals surface area contributed by atoms with E-state index in [9.17, 15) is 4.79 Å². The van der Waals surface area contributed by atoms with Crippen molar-refractivity contribution in [3.8, 4) is 16.9 Å². The molecule has 4 rings (SSSR count). The maximum atomic E-state index is 12.2. The number of aromatic nitrogens is 2. The smallest absolute Gasteiger partial charge is 0.231 e. The topological polar surface area (TPSA) is 55.0 Å². The zero-order chi connectivity index (χ0) is 13.7. The molecule has 96 valence electrons. The third-order valence-corrected chi connectivity index (χ3v) is 3.46. The molecule has 0 radical (unpaired) electrons. The molecule has 2 aromatic heterocycles. The Morgan fingerprint density at radius 1 is 1.15 bits per heavy atom. The van der Waals surface area contributed by atoms with Crippen LogP contribution in [-0.4, -0.2) is 15.8 Å². The average molecular weight is 262 g/mol. The summed E-state index contributed by atoms with van der Waals surface area (Å²) in [7, 11) is 0. The monoisotopic (exact) mass is 262 g/mol. The van der Waals surface area contributed by atoms with Crippen LogP contribution < -0.4 is 4.74 Å². The second-order valence-electron chi connectivity index (χ2n) is 4.63. The molecule has 1 aliphatic rings. The zero-order valence-electron chi connectivity index (χ0n) is 10.5. The van der Waals surface area contributed by atoms with Gasteiger partial charge >= 0.3 is 0 Å². The zero-order valence-corrected chi connectivity index (χ0v) is 10.5. The van der Waals surface area contributed by atoms with Gasteiger partial charge < -0.3 is 9.72 Å². The molecule has 0 atom stereocenters. The number of fused-ring (bicyclic) bond motifs is 2. The number of Topliss-reactive ketones (excluding diaryl/α,β-unsaturated/α-hetero) is 1. The lowest BCUT2D eigenvalue weighted by atomic mass is 9.98. The molecule has 0 bridgehead atoms. The van der Waals surface area contributed by atoms with Crippen molar-refractivity contribution in [3.63, 3.8) is 0 Å². The van der Waals surface area contributed by atoms with Crippen molar-refractivity contribution in [2.75, 3.05) is 0 Å². The minimum absolute atomic E-state index is 0.166. The Kier molecular flexibility index (Phi) is 2.09. The third-order valence-electron chi connectivity index (χ3n) is 3.46. The molecule has 4 heteroatoms. The van der Waals surface area contributed by atoms with Gasteiger partial charge in [0.25, 0.3) is 0 Å². The van der Waals surface area contributed by atoms with Gasteiger partial charge in [-0.1, -0.05) is 18.7 Å². The maximum absolute atomic E-state index is 12.2. The van der Waals surface area contributed by atoms with Crippen molar-refractivity contribution >= 4 is 16.8 Å². The number of carbonyl (C=O) groups excluding carboxylic acids is 1.